The summed E-state index contributed by atoms with van der Waals surface area (Å²) in [6, 6.07) is 0. The maximum Gasteiger partial charge on any atom is 1.00 e. The number of ether oxygens (including phenoxy) is 1. The van der Waals surface area contributed by atoms with E-state index in [0.29, 0.717) is 12.2 Å². The van der Waals surface area contributed by atoms with Gasteiger partial charge in [-0.15, -0.1) is 12.2 Å². The second-order valence-corrected chi connectivity index (χ2v) is 5.00. The Bertz CT molecular complexity index is 307. The molecule has 0 aliphatic heterocycles. The van der Waals surface area contributed by atoms with E-state index in [0.717, 1.165) is 0 Å². The molecule has 7 heteroatoms. The van der Waals surface area contributed by atoms with Gasteiger partial charge in [0.05, 0.1) is 19.8 Å². The van der Waals surface area contributed by atoms with E-state index in [1.807, 2.05) is 0 Å². The van der Waals surface area contributed by atoms with Crippen molar-refractivity contribution in [3.63, 3.8) is 0 Å². The fourth-order valence-electron chi connectivity index (χ4n) is 1.13. The predicted molar refractivity (Wildman–Crippen MR) is 65.5 cm³/mol. The molecule has 18 heavy (non-hydrogen) atoms. The molecular weight excluding hydrogens is 250 g/mol. The molecular formula is C11H20LiO5P. The minimum absolute atomic E-state index is 0. The number of hydrogen-bond donors (Lipinski definition) is 0. The third-order valence-electron chi connectivity index (χ3n) is 1.61. The Morgan fingerprint density at radius 3 is 2.06 bits per heavy atom. The first-order chi connectivity index (χ1) is 7.97. The van der Waals surface area contributed by atoms with Gasteiger partial charge in [0.15, 0.2) is 0 Å². The number of carbonyl (C=O) groups is 1. The molecule has 5 nitrogen and oxygen atoms in total. The van der Waals surface area contributed by atoms with Gasteiger partial charge >= 0.3 is 18.9 Å². The third kappa shape index (κ3) is 8.85. The van der Waals surface area contributed by atoms with Gasteiger partial charge in [0.1, 0.15) is 0 Å². The summed E-state index contributed by atoms with van der Waals surface area (Å²) in [5, 5.41) is 0. The molecule has 0 heterocycles. The first-order valence-corrected chi connectivity index (χ1v) is 7.18. The van der Waals surface area contributed by atoms with Crippen molar-refractivity contribution in [1.29, 1.82) is 0 Å². The normalized spacial score (nSPS) is 11.7. The van der Waals surface area contributed by atoms with Gasteiger partial charge in [0.25, 0.3) is 7.60 Å². The molecule has 0 aliphatic carbocycles. The number of rotatable bonds is 8. The van der Waals surface area contributed by atoms with E-state index < -0.39 is 13.6 Å². The van der Waals surface area contributed by atoms with Crippen molar-refractivity contribution in [1.82, 2.24) is 0 Å². The van der Waals surface area contributed by atoms with Gasteiger partial charge in [-0.05, 0) is 20.8 Å². The molecule has 0 amide bonds. The van der Waals surface area contributed by atoms with Crippen LogP contribution in [0.1, 0.15) is 27.7 Å². The van der Waals surface area contributed by atoms with Crippen LogP contribution in [-0.2, 0) is 23.1 Å². The molecule has 0 saturated heterocycles. The van der Waals surface area contributed by atoms with Gasteiger partial charge in [0.2, 0.25) is 5.97 Å². The minimum atomic E-state index is -3.25. The zero-order chi connectivity index (χ0) is 13.3. The Morgan fingerprint density at radius 2 is 1.67 bits per heavy atom. The zero-order valence-electron chi connectivity index (χ0n) is 11.8. The topological polar surface area (TPSA) is 61.8 Å². The van der Waals surface area contributed by atoms with Crippen LogP contribution in [-0.4, -0.2) is 25.8 Å². The van der Waals surface area contributed by atoms with Crippen LogP contribution in [0.2, 0.25) is 0 Å². The number of esters is 1. The van der Waals surface area contributed by atoms with Crippen molar-refractivity contribution in [2.45, 2.75) is 27.7 Å². The molecule has 0 aromatic heterocycles. The summed E-state index contributed by atoms with van der Waals surface area (Å²) in [7, 11) is -3.25. The van der Waals surface area contributed by atoms with E-state index in [4.69, 9.17) is 13.8 Å². The second kappa shape index (κ2) is 10.7. The van der Waals surface area contributed by atoms with Crippen LogP contribution < -0.4 is 18.9 Å². The predicted octanol–water partition coefficient (Wildman–Crippen LogP) is -0.0723. The summed E-state index contributed by atoms with van der Waals surface area (Å²) in [5.74, 6) is -0.471. The van der Waals surface area contributed by atoms with Gasteiger partial charge in [-0.2, -0.15) is 5.57 Å². The van der Waals surface area contributed by atoms with Crippen LogP contribution >= 0.6 is 7.60 Å². The minimum Gasteiger partial charge on any atom is -0.476 e. The fraction of sp³-hybridized carbons (Fsp3) is 0.636. The molecule has 0 bridgehead atoms. The standard InChI is InChI=1S/C11H20O5P.Li/c1-5-14-11(12)8-10(4)9-17(13,15-6-2)16-7-3;/h8-9H,5-7H2,1-4H3;/q-1;+1/b10-8+;. The molecule has 0 radical (unpaired) electrons. The number of carbonyl (C=O) groups excluding carboxylic acids is 1. The molecule has 100 valence electrons. The Morgan fingerprint density at radius 1 is 1.17 bits per heavy atom. The fourth-order valence-corrected chi connectivity index (χ4v) is 2.64. The van der Waals surface area contributed by atoms with Crippen LogP contribution in [0.15, 0.2) is 11.6 Å². The smallest absolute Gasteiger partial charge is 0.476 e. The molecule has 0 saturated carbocycles. The third-order valence-corrected chi connectivity index (χ3v) is 3.57. The summed E-state index contributed by atoms with van der Waals surface area (Å²) in [6.07, 6.45) is 2.59. The van der Waals surface area contributed by atoms with E-state index in [1.165, 1.54) is 12.2 Å². The average molecular weight is 270 g/mol. The van der Waals surface area contributed by atoms with Gasteiger partial charge in [-0.25, -0.2) is 0 Å². The second-order valence-electron chi connectivity index (χ2n) is 3.14. The summed E-state index contributed by atoms with van der Waals surface area (Å²) in [5.41, 5.74) is 0.494. The molecule has 0 unspecified atom stereocenters. The van der Waals surface area contributed by atoms with Gasteiger partial charge < -0.3 is 13.8 Å². The van der Waals surface area contributed by atoms with Crippen molar-refractivity contribution < 1.29 is 42.0 Å². The summed E-state index contributed by atoms with van der Waals surface area (Å²) < 4.78 is 26.9. The van der Waals surface area contributed by atoms with Crippen LogP contribution in [0.25, 0.3) is 0 Å². The molecule has 0 N–H and O–H groups in total. The first kappa shape index (κ1) is 20.2. The summed E-state index contributed by atoms with van der Waals surface area (Å²) in [6.45, 7) is 7.67. The Kier molecular flexibility index (Phi) is 12.0. The zero-order valence-corrected chi connectivity index (χ0v) is 12.7. The Balaban J connectivity index is 0. The summed E-state index contributed by atoms with van der Waals surface area (Å²) >= 11 is 0. The van der Waals surface area contributed by atoms with Crippen molar-refractivity contribution in [2.24, 2.45) is 0 Å². The summed E-state index contributed by atoms with van der Waals surface area (Å²) in [4.78, 5) is 11.2. The molecule has 0 atom stereocenters. The number of allylic oxidation sites excluding steroid dienone is 1. The molecule has 0 rings (SSSR count). The van der Waals surface area contributed by atoms with Crippen LogP contribution in [0.4, 0.5) is 0 Å². The monoisotopic (exact) mass is 270 g/mol. The molecule has 0 fully saturated rings. The van der Waals surface area contributed by atoms with Crippen LogP contribution in [0.5, 0.6) is 0 Å². The maximum atomic E-state index is 12.1. The largest absolute Gasteiger partial charge is 1.00 e. The van der Waals surface area contributed by atoms with Gasteiger partial charge in [0, 0.05) is 0 Å². The molecule has 0 aromatic rings. The van der Waals surface area contributed by atoms with Crippen molar-refractivity contribution in [3.8, 4) is 0 Å². The van der Waals surface area contributed by atoms with Gasteiger partial charge in [-0.1, -0.05) is 6.92 Å². The number of hydrogen-bond acceptors (Lipinski definition) is 5. The Labute approximate surface area is 121 Å². The van der Waals surface area contributed by atoms with E-state index >= 15 is 0 Å². The van der Waals surface area contributed by atoms with E-state index in [-0.39, 0.29) is 32.1 Å². The van der Waals surface area contributed by atoms with Crippen molar-refractivity contribution in [3.05, 3.63) is 17.8 Å². The molecule has 0 aromatic carbocycles. The molecule has 0 spiro atoms. The van der Waals surface area contributed by atoms with E-state index in [9.17, 15) is 9.36 Å². The first-order valence-electron chi connectivity index (χ1n) is 5.57. The van der Waals surface area contributed by atoms with E-state index in [1.54, 1.807) is 27.7 Å². The average Bonchev–Trinajstić information content (AvgIpc) is 2.17. The van der Waals surface area contributed by atoms with Crippen molar-refractivity contribution in [2.75, 3.05) is 19.8 Å². The SMILES string of the molecule is CCOC(=O)/C=C(\C)[CH-]P(=O)(OCC)OCC.[Li+]. The van der Waals surface area contributed by atoms with Crippen molar-refractivity contribution >= 4 is 13.6 Å². The van der Waals surface area contributed by atoms with Crippen LogP contribution in [0, 0.1) is 6.16 Å². The van der Waals surface area contributed by atoms with Crippen LogP contribution in [0.3, 0.4) is 0 Å². The maximum absolute atomic E-state index is 12.1. The quantitative estimate of drug-likeness (QED) is 0.203. The van der Waals surface area contributed by atoms with E-state index in [2.05, 4.69) is 0 Å². The Hall–Kier alpha value is -0.173. The molecule has 0 aliphatic rings. The van der Waals surface area contributed by atoms with Gasteiger partial charge in [-0.3, -0.25) is 9.36 Å².